The van der Waals surface area contributed by atoms with E-state index in [0.717, 1.165) is 25.7 Å². The van der Waals surface area contributed by atoms with Crippen LogP contribution in [0.15, 0.2) is 24.3 Å². The van der Waals surface area contributed by atoms with Crippen LogP contribution < -0.4 is 0 Å². The Morgan fingerprint density at radius 3 is 1.96 bits per heavy atom. The Bertz CT molecular complexity index is 277. The first-order valence-corrected chi connectivity index (χ1v) is 10.1. The molecule has 0 aliphatic carbocycles. The van der Waals surface area contributed by atoms with Crippen molar-refractivity contribution in [1.29, 1.82) is 0 Å². The summed E-state index contributed by atoms with van der Waals surface area (Å²) in [4.78, 5) is 0. The first-order valence-electron chi connectivity index (χ1n) is 9.63. The van der Waals surface area contributed by atoms with Crippen molar-refractivity contribution in [1.82, 2.24) is 0 Å². The average Bonchev–Trinajstić information content (AvgIpc) is 2.57. The molecule has 0 heterocycles. The van der Waals surface area contributed by atoms with Gasteiger partial charge in [0.05, 0.1) is 6.10 Å². The topological polar surface area (TPSA) is 29.5 Å². The lowest BCUT2D eigenvalue weighted by Gasteiger charge is -2.09. The highest BCUT2D eigenvalue weighted by atomic mass is 31.0. The Morgan fingerprint density at radius 1 is 0.826 bits per heavy atom. The maximum Gasteiger partial charge on any atom is 0.0791 e. The Hall–Kier alpha value is -0.170. The van der Waals surface area contributed by atoms with Gasteiger partial charge in [-0.2, -0.15) is 0 Å². The summed E-state index contributed by atoms with van der Waals surface area (Å²) in [6, 6.07) is 0. The molecule has 0 saturated heterocycles. The predicted molar refractivity (Wildman–Crippen MR) is 106 cm³/mol. The second-order valence-corrected chi connectivity index (χ2v) is 6.55. The normalized spacial score (nSPS) is 13.3. The van der Waals surface area contributed by atoms with Crippen LogP contribution in [-0.2, 0) is 4.52 Å². The van der Waals surface area contributed by atoms with Crippen LogP contribution in [0.5, 0.6) is 0 Å². The largest absolute Gasteiger partial charge is 0.396 e. The summed E-state index contributed by atoms with van der Waals surface area (Å²) in [6.07, 6.45) is 25.2. The first-order chi connectivity index (χ1) is 11.3. The van der Waals surface area contributed by atoms with Crippen LogP contribution in [0.3, 0.4) is 0 Å². The number of allylic oxidation sites excluding steroid dienone is 3. The number of unbranched alkanes of at least 4 members (excludes halogenated alkanes) is 9. The Kier molecular flexibility index (Phi) is 19.7. The number of rotatable bonds is 17. The van der Waals surface area contributed by atoms with E-state index in [1.807, 2.05) is 0 Å². The van der Waals surface area contributed by atoms with Gasteiger partial charge in [0.15, 0.2) is 0 Å². The highest BCUT2D eigenvalue weighted by molar-refractivity contribution is 7.09. The zero-order chi connectivity index (χ0) is 17.0. The Labute approximate surface area is 147 Å². The third kappa shape index (κ3) is 18.0. The van der Waals surface area contributed by atoms with Crippen molar-refractivity contribution in [2.24, 2.45) is 0 Å². The third-order valence-electron chi connectivity index (χ3n) is 4.05. The van der Waals surface area contributed by atoms with E-state index in [2.05, 4.69) is 40.7 Å². The van der Waals surface area contributed by atoms with Gasteiger partial charge in [0.1, 0.15) is 0 Å². The van der Waals surface area contributed by atoms with Crippen molar-refractivity contribution in [3.05, 3.63) is 24.3 Å². The summed E-state index contributed by atoms with van der Waals surface area (Å²) >= 11 is 0. The lowest BCUT2D eigenvalue weighted by Crippen LogP contribution is -2.02. The van der Waals surface area contributed by atoms with Gasteiger partial charge in [-0.1, -0.05) is 63.3 Å². The molecule has 0 saturated carbocycles. The molecular weight excluding hydrogens is 303 g/mol. The van der Waals surface area contributed by atoms with E-state index in [1.165, 1.54) is 57.8 Å². The van der Waals surface area contributed by atoms with E-state index in [9.17, 15) is 0 Å². The van der Waals surface area contributed by atoms with E-state index in [1.54, 1.807) is 0 Å². The minimum atomic E-state index is 0.282. The number of aliphatic hydroxyl groups excluding tert-OH is 1. The molecule has 23 heavy (non-hydrogen) atoms. The summed E-state index contributed by atoms with van der Waals surface area (Å²) in [6.45, 7) is 2.55. The monoisotopic (exact) mass is 342 g/mol. The van der Waals surface area contributed by atoms with E-state index < -0.39 is 0 Å². The van der Waals surface area contributed by atoms with Crippen LogP contribution >= 0.6 is 9.47 Å². The van der Waals surface area contributed by atoms with Gasteiger partial charge in [0.2, 0.25) is 0 Å². The van der Waals surface area contributed by atoms with E-state index in [0.29, 0.717) is 6.61 Å². The van der Waals surface area contributed by atoms with E-state index in [4.69, 9.17) is 9.63 Å². The molecule has 0 rings (SSSR count). The Morgan fingerprint density at radius 2 is 1.39 bits per heavy atom. The van der Waals surface area contributed by atoms with Crippen molar-refractivity contribution in [2.45, 2.75) is 96.5 Å². The lowest BCUT2D eigenvalue weighted by atomic mass is 10.1. The molecule has 136 valence electrons. The maximum atomic E-state index is 8.68. The zero-order valence-electron chi connectivity index (χ0n) is 15.2. The number of hydrogen-bond donors (Lipinski definition) is 1. The van der Waals surface area contributed by atoms with Gasteiger partial charge < -0.3 is 9.63 Å². The minimum Gasteiger partial charge on any atom is -0.396 e. The molecule has 0 radical (unpaired) electrons. The number of aliphatic hydroxyl groups is 1. The fourth-order valence-corrected chi connectivity index (χ4v) is 2.75. The van der Waals surface area contributed by atoms with Crippen molar-refractivity contribution in [3.63, 3.8) is 0 Å². The molecule has 0 aromatic rings. The third-order valence-corrected chi connectivity index (χ3v) is 4.40. The van der Waals surface area contributed by atoms with Crippen molar-refractivity contribution < 1.29 is 9.63 Å². The average molecular weight is 343 g/mol. The maximum absolute atomic E-state index is 8.68. The molecular formula is C20H39O2P. The molecule has 0 aromatic carbocycles. The first kappa shape index (κ1) is 22.8. The van der Waals surface area contributed by atoms with Crippen LogP contribution in [0.1, 0.15) is 90.4 Å². The molecule has 2 unspecified atom stereocenters. The van der Waals surface area contributed by atoms with Crippen molar-refractivity contribution in [3.8, 4) is 0 Å². The summed E-state index contributed by atoms with van der Waals surface area (Å²) < 4.78 is 5.38. The van der Waals surface area contributed by atoms with Gasteiger partial charge in [-0.05, 0) is 51.4 Å². The summed E-state index contributed by atoms with van der Waals surface area (Å²) in [7, 11) is 2.39. The van der Waals surface area contributed by atoms with Gasteiger partial charge >= 0.3 is 0 Å². The van der Waals surface area contributed by atoms with Crippen LogP contribution in [0, 0.1) is 0 Å². The smallest absolute Gasteiger partial charge is 0.0791 e. The summed E-state index contributed by atoms with van der Waals surface area (Å²) in [5, 5.41) is 8.68. The molecule has 0 amide bonds. The minimum absolute atomic E-state index is 0.282. The molecule has 1 N–H and O–H groups in total. The van der Waals surface area contributed by atoms with Gasteiger partial charge in [-0.3, -0.25) is 0 Å². The fourth-order valence-electron chi connectivity index (χ4n) is 2.53. The molecule has 0 aromatic heterocycles. The van der Waals surface area contributed by atoms with Gasteiger partial charge in [-0.25, -0.2) is 0 Å². The highest BCUT2D eigenvalue weighted by Gasteiger charge is 2.00. The molecule has 0 bridgehead atoms. The zero-order valence-corrected chi connectivity index (χ0v) is 16.4. The Balaban J connectivity index is 3.32. The van der Waals surface area contributed by atoms with E-state index >= 15 is 0 Å². The highest BCUT2D eigenvalue weighted by Crippen LogP contribution is 2.12. The van der Waals surface area contributed by atoms with Crippen LogP contribution in [0.4, 0.5) is 0 Å². The molecule has 0 spiro atoms. The second kappa shape index (κ2) is 19.9. The van der Waals surface area contributed by atoms with Gasteiger partial charge in [-0.15, -0.1) is 0 Å². The van der Waals surface area contributed by atoms with Gasteiger partial charge in [0.25, 0.3) is 0 Å². The standard InChI is InChI=1S/C20H39O2P/c1-2-3-17-20(22-23)18-15-13-11-9-7-5-4-6-8-10-12-14-16-19-21/h8,10,15,18,20-21H,2-7,9,11-14,16-17,19,23H2,1H3/b10-8-,18-15-. The predicted octanol–water partition coefficient (Wildman–Crippen LogP) is 6.36. The van der Waals surface area contributed by atoms with E-state index in [-0.39, 0.29) is 6.10 Å². The molecule has 2 nitrogen and oxygen atoms in total. The fraction of sp³-hybridized carbons (Fsp3) is 0.800. The van der Waals surface area contributed by atoms with Crippen LogP contribution in [0.25, 0.3) is 0 Å². The quantitative estimate of drug-likeness (QED) is 0.189. The lowest BCUT2D eigenvalue weighted by molar-refractivity contribution is 0.275. The van der Waals surface area contributed by atoms with Crippen LogP contribution in [0.2, 0.25) is 0 Å². The SMILES string of the molecule is CCCCC(/C=C\CCCCCCC/C=C\CCCCO)OP. The molecule has 0 aliphatic heterocycles. The molecule has 0 fully saturated rings. The second-order valence-electron chi connectivity index (χ2n) is 6.28. The van der Waals surface area contributed by atoms with Crippen molar-refractivity contribution in [2.75, 3.05) is 6.61 Å². The summed E-state index contributed by atoms with van der Waals surface area (Å²) in [5.41, 5.74) is 0. The molecule has 2 atom stereocenters. The number of hydrogen-bond acceptors (Lipinski definition) is 2. The van der Waals surface area contributed by atoms with Crippen molar-refractivity contribution >= 4 is 9.47 Å². The molecule has 0 aliphatic rings. The van der Waals surface area contributed by atoms with Gasteiger partial charge in [0, 0.05) is 16.1 Å². The summed E-state index contributed by atoms with van der Waals surface area (Å²) in [5.74, 6) is 0. The van der Waals surface area contributed by atoms with Crippen LogP contribution in [-0.4, -0.2) is 17.8 Å². The molecule has 3 heteroatoms.